The molecular weight excluding hydrogens is 220 g/mol. The largest absolute Gasteiger partial charge is 0.481 e. The average molecular weight is 240 g/mol. The second kappa shape index (κ2) is 5.34. The third kappa shape index (κ3) is 4.21. The Balaban J connectivity index is 2.63. The maximum atomic E-state index is 11.8. The van der Waals surface area contributed by atoms with Gasteiger partial charge in [0.25, 0.3) is 0 Å². The van der Waals surface area contributed by atoms with Crippen molar-refractivity contribution in [1.82, 2.24) is 0 Å². The Morgan fingerprint density at radius 1 is 1.41 bits per heavy atom. The monoisotopic (exact) mass is 240 g/mol. The lowest BCUT2D eigenvalue weighted by Crippen LogP contribution is -2.33. The number of carboxylic acids is 1. The van der Waals surface area contributed by atoms with Crippen molar-refractivity contribution in [2.24, 2.45) is 17.3 Å². The van der Waals surface area contributed by atoms with Gasteiger partial charge in [-0.3, -0.25) is 9.59 Å². The molecule has 0 amide bonds. The second-order valence-corrected chi connectivity index (χ2v) is 5.64. The average Bonchev–Trinajstić information content (AvgIpc) is 2.25. The number of esters is 1. The van der Waals surface area contributed by atoms with E-state index in [1.807, 2.05) is 26.8 Å². The number of ether oxygens (including phenoxy) is 1. The van der Waals surface area contributed by atoms with E-state index in [4.69, 9.17) is 9.84 Å². The SMILES string of the molecule is CC(C)(C)COC(=O)C1C=CCCC1C(=O)O. The van der Waals surface area contributed by atoms with Crippen LogP contribution in [0.5, 0.6) is 0 Å². The van der Waals surface area contributed by atoms with Gasteiger partial charge in [-0.1, -0.05) is 32.9 Å². The number of carbonyl (C=O) groups is 2. The van der Waals surface area contributed by atoms with Crippen molar-refractivity contribution in [2.45, 2.75) is 33.6 Å². The molecule has 2 atom stereocenters. The van der Waals surface area contributed by atoms with Crippen LogP contribution in [0.25, 0.3) is 0 Å². The van der Waals surface area contributed by atoms with E-state index in [9.17, 15) is 9.59 Å². The summed E-state index contributed by atoms with van der Waals surface area (Å²) in [6.45, 7) is 6.20. The molecule has 4 heteroatoms. The number of rotatable bonds is 3. The zero-order valence-electron chi connectivity index (χ0n) is 10.6. The van der Waals surface area contributed by atoms with Crippen molar-refractivity contribution in [3.05, 3.63) is 12.2 Å². The molecule has 2 unspecified atom stereocenters. The fourth-order valence-corrected chi connectivity index (χ4v) is 1.74. The van der Waals surface area contributed by atoms with Crippen molar-refractivity contribution >= 4 is 11.9 Å². The van der Waals surface area contributed by atoms with Crippen LogP contribution in [0.3, 0.4) is 0 Å². The molecule has 0 spiro atoms. The third-order valence-electron chi connectivity index (χ3n) is 2.66. The highest BCUT2D eigenvalue weighted by Gasteiger charge is 2.34. The zero-order chi connectivity index (χ0) is 13.1. The highest BCUT2D eigenvalue weighted by molar-refractivity contribution is 5.83. The summed E-state index contributed by atoms with van der Waals surface area (Å²) in [6.07, 6.45) is 4.72. The molecule has 0 aromatic carbocycles. The lowest BCUT2D eigenvalue weighted by molar-refractivity contribution is -0.158. The molecule has 0 aliphatic heterocycles. The Morgan fingerprint density at radius 3 is 2.59 bits per heavy atom. The number of aliphatic carboxylic acids is 1. The highest BCUT2D eigenvalue weighted by atomic mass is 16.5. The fourth-order valence-electron chi connectivity index (χ4n) is 1.74. The Bertz CT molecular complexity index is 325. The first-order chi connectivity index (χ1) is 7.81. The van der Waals surface area contributed by atoms with Gasteiger partial charge in [0.15, 0.2) is 0 Å². The van der Waals surface area contributed by atoms with Gasteiger partial charge in [-0.05, 0) is 18.3 Å². The molecule has 0 bridgehead atoms. The van der Waals surface area contributed by atoms with Crippen molar-refractivity contribution in [1.29, 1.82) is 0 Å². The smallest absolute Gasteiger partial charge is 0.313 e. The number of allylic oxidation sites excluding steroid dienone is 1. The molecular formula is C13H20O4. The fraction of sp³-hybridized carbons (Fsp3) is 0.692. The number of carboxylic acid groups (broad SMARTS) is 1. The van der Waals surface area contributed by atoms with Crippen molar-refractivity contribution < 1.29 is 19.4 Å². The topological polar surface area (TPSA) is 63.6 Å². The summed E-state index contributed by atoms with van der Waals surface area (Å²) in [5, 5.41) is 9.04. The minimum absolute atomic E-state index is 0.104. The van der Waals surface area contributed by atoms with Gasteiger partial charge in [-0.25, -0.2) is 0 Å². The minimum Gasteiger partial charge on any atom is -0.481 e. The van der Waals surface area contributed by atoms with Gasteiger partial charge in [0, 0.05) is 0 Å². The lowest BCUT2D eigenvalue weighted by Gasteiger charge is -2.25. The highest BCUT2D eigenvalue weighted by Crippen LogP contribution is 2.27. The van der Waals surface area contributed by atoms with Gasteiger partial charge in [0.1, 0.15) is 0 Å². The standard InChI is InChI=1S/C13H20O4/c1-13(2,3)8-17-12(16)10-7-5-4-6-9(10)11(14)15/h5,7,9-10H,4,6,8H2,1-3H3,(H,14,15). The molecule has 0 aromatic rings. The maximum absolute atomic E-state index is 11.8. The van der Waals surface area contributed by atoms with E-state index in [-0.39, 0.29) is 5.41 Å². The van der Waals surface area contributed by atoms with Gasteiger partial charge >= 0.3 is 11.9 Å². The van der Waals surface area contributed by atoms with Crippen molar-refractivity contribution in [3.63, 3.8) is 0 Å². The van der Waals surface area contributed by atoms with Crippen LogP contribution in [0.4, 0.5) is 0 Å². The van der Waals surface area contributed by atoms with Gasteiger partial charge in [-0.15, -0.1) is 0 Å². The predicted molar refractivity (Wildman–Crippen MR) is 63.4 cm³/mol. The predicted octanol–water partition coefficient (Wildman–Crippen LogP) is 2.24. The molecule has 0 fully saturated rings. The summed E-state index contributed by atoms with van der Waals surface area (Å²) in [7, 11) is 0. The molecule has 0 aromatic heterocycles. The van der Waals surface area contributed by atoms with Crippen LogP contribution in [-0.4, -0.2) is 23.7 Å². The molecule has 96 valence electrons. The third-order valence-corrected chi connectivity index (χ3v) is 2.66. The summed E-state index contributed by atoms with van der Waals surface area (Å²) in [5.41, 5.74) is -0.104. The van der Waals surface area contributed by atoms with E-state index >= 15 is 0 Å². The van der Waals surface area contributed by atoms with E-state index in [0.29, 0.717) is 19.4 Å². The van der Waals surface area contributed by atoms with Crippen LogP contribution in [0, 0.1) is 17.3 Å². The molecule has 0 radical (unpaired) electrons. The van der Waals surface area contributed by atoms with Crippen molar-refractivity contribution in [2.75, 3.05) is 6.61 Å². The molecule has 1 N–H and O–H groups in total. The Morgan fingerprint density at radius 2 is 2.06 bits per heavy atom. The minimum atomic E-state index is -0.924. The van der Waals surface area contributed by atoms with Gasteiger partial charge in [-0.2, -0.15) is 0 Å². The first-order valence-electron chi connectivity index (χ1n) is 5.87. The van der Waals surface area contributed by atoms with E-state index in [1.54, 1.807) is 6.08 Å². The number of hydrogen-bond acceptors (Lipinski definition) is 3. The first-order valence-corrected chi connectivity index (χ1v) is 5.87. The van der Waals surface area contributed by atoms with Gasteiger partial charge < -0.3 is 9.84 Å². The van der Waals surface area contributed by atoms with E-state index < -0.39 is 23.8 Å². The van der Waals surface area contributed by atoms with Crippen LogP contribution < -0.4 is 0 Å². The molecule has 17 heavy (non-hydrogen) atoms. The van der Waals surface area contributed by atoms with Crippen LogP contribution in [-0.2, 0) is 14.3 Å². The first kappa shape index (κ1) is 13.7. The molecule has 1 aliphatic rings. The zero-order valence-corrected chi connectivity index (χ0v) is 10.6. The van der Waals surface area contributed by atoms with E-state index in [1.165, 1.54) is 0 Å². The normalized spacial score (nSPS) is 24.4. The number of carbonyl (C=O) groups excluding carboxylic acids is 1. The summed E-state index contributed by atoms with van der Waals surface area (Å²) in [4.78, 5) is 22.9. The molecule has 1 aliphatic carbocycles. The Kier molecular flexibility index (Phi) is 4.32. The molecule has 1 rings (SSSR count). The summed E-state index contributed by atoms with van der Waals surface area (Å²) in [5.74, 6) is -2.63. The molecule has 0 heterocycles. The second-order valence-electron chi connectivity index (χ2n) is 5.64. The molecule has 4 nitrogen and oxygen atoms in total. The Hall–Kier alpha value is -1.32. The van der Waals surface area contributed by atoms with Crippen LogP contribution in [0.1, 0.15) is 33.6 Å². The van der Waals surface area contributed by atoms with Crippen LogP contribution in [0.15, 0.2) is 12.2 Å². The number of hydrogen-bond donors (Lipinski definition) is 1. The lowest BCUT2D eigenvalue weighted by atomic mass is 9.84. The van der Waals surface area contributed by atoms with E-state index in [0.717, 1.165) is 0 Å². The van der Waals surface area contributed by atoms with Crippen LogP contribution >= 0.6 is 0 Å². The van der Waals surface area contributed by atoms with Crippen molar-refractivity contribution in [3.8, 4) is 0 Å². The van der Waals surface area contributed by atoms with Gasteiger partial charge in [0.2, 0.25) is 0 Å². The summed E-state index contributed by atoms with van der Waals surface area (Å²) < 4.78 is 5.17. The van der Waals surface area contributed by atoms with E-state index in [2.05, 4.69) is 0 Å². The summed E-state index contributed by atoms with van der Waals surface area (Å²) in [6, 6.07) is 0. The summed E-state index contributed by atoms with van der Waals surface area (Å²) >= 11 is 0. The molecule has 0 saturated carbocycles. The Labute approximate surface area is 102 Å². The molecule has 0 saturated heterocycles. The van der Waals surface area contributed by atoms with Gasteiger partial charge in [0.05, 0.1) is 18.4 Å². The maximum Gasteiger partial charge on any atom is 0.313 e. The van der Waals surface area contributed by atoms with Crippen LogP contribution in [0.2, 0.25) is 0 Å². The quantitative estimate of drug-likeness (QED) is 0.607.